The summed E-state index contributed by atoms with van der Waals surface area (Å²) in [7, 11) is 0. The molecule has 0 fully saturated rings. The maximum atomic E-state index is 12.1. The number of nitrogens with zero attached hydrogens (tertiary/aromatic N) is 2. The number of rotatable bonds is 7. The summed E-state index contributed by atoms with van der Waals surface area (Å²) in [5, 5.41) is 5.23. The van der Waals surface area contributed by atoms with Gasteiger partial charge in [-0.25, -0.2) is 4.98 Å². The van der Waals surface area contributed by atoms with Crippen LogP contribution < -0.4 is 11.1 Å². The molecule has 140 valence electrons. The number of carbonyl (C=O) groups excluding carboxylic acids is 1. The Morgan fingerprint density at radius 1 is 1.30 bits per heavy atom. The van der Waals surface area contributed by atoms with Crippen molar-refractivity contribution in [3.8, 4) is 0 Å². The predicted octanol–water partition coefficient (Wildman–Crippen LogP) is 5.59. The zero-order valence-electron chi connectivity index (χ0n) is 14.9. The molecule has 0 saturated carbocycles. The highest BCUT2D eigenvalue weighted by Crippen LogP contribution is 2.42. The van der Waals surface area contributed by atoms with Gasteiger partial charge >= 0.3 is 0 Å². The Balaban J connectivity index is 1.86. The van der Waals surface area contributed by atoms with Gasteiger partial charge in [0.1, 0.15) is 21.4 Å². The lowest BCUT2D eigenvalue weighted by Crippen LogP contribution is -2.13. The lowest BCUT2D eigenvalue weighted by atomic mass is 10.1. The largest absolute Gasteiger partial charge is 0.365 e. The lowest BCUT2D eigenvalue weighted by Gasteiger charge is -2.14. The number of halogens is 1. The summed E-state index contributed by atoms with van der Waals surface area (Å²) in [4.78, 5) is 16.4. The molecule has 8 heteroatoms. The molecule has 0 aliphatic heterocycles. The van der Waals surface area contributed by atoms with E-state index < -0.39 is 5.91 Å². The molecule has 1 amide bonds. The number of benzene rings is 1. The standard InChI is InChI=1S/C19H19ClN4OS2/c1-3-14(12-5-7-13(20)8-6-12)26-19-16(17(21)25)18(27-24-19)23-15-9-4-11(2)10-22-15/h4-10,14H,3H2,1-2H3,(H2,21,25)(H,22,23). The van der Waals surface area contributed by atoms with Crippen molar-refractivity contribution in [3.63, 3.8) is 0 Å². The van der Waals surface area contributed by atoms with Gasteiger partial charge in [0.15, 0.2) is 0 Å². The minimum atomic E-state index is -0.508. The summed E-state index contributed by atoms with van der Waals surface area (Å²) in [5.41, 5.74) is 8.24. The Morgan fingerprint density at radius 2 is 2.04 bits per heavy atom. The number of aryl methyl sites for hydroxylation is 1. The summed E-state index contributed by atoms with van der Waals surface area (Å²) in [6, 6.07) is 11.5. The molecular formula is C19H19ClN4OS2. The average Bonchev–Trinajstić information content (AvgIpc) is 3.05. The zero-order chi connectivity index (χ0) is 19.4. The average molecular weight is 419 g/mol. The second-order valence-electron chi connectivity index (χ2n) is 5.97. The molecule has 2 aromatic heterocycles. The molecule has 0 saturated heterocycles. The Hall–Kier alpha value is -2.09. The Labute approximate surface area is 171 Å². The number of aromatic nitrogens is 2. The van der Waals surface area contributed by atoms with Gasteiger partial charge in [0, 0.05) is 16.5 Å². The Morgan fingerprint density at radius 3 is 2.63 bits per heavy atom. The first-order valence-corrected chi connectivity index (χ1v) is 10.4. The molecule has 0 radical (unpaired) electrons. The monoisotopic (exact) mass is 418 g/mol. The molecule has 0 aliphatic rings. The first-order valence-electron chi connectivity index (χ1n) is 8.39. The number of amides is 1. The van der Waals surface area contributed by atoms with Crippen LogP contribution in [0.25, 0.3) is 0 Å². The molecule has 1 aromatic carbocycles. The normalized spacial score (nSPS) is 12.0. The third kappa shape index (κ3) is 4.80. The maximum absolute atomic E-state index is 12.1. The molecule has 0 aliphatic carbocycles. The molecule has 3 N–H and O–H groups in total. The number of thioether (sulfide) groups is 1. The van der Waals surface area contributed by atoms with Crippen LogP contribution in [-0.2, 0) is 0 Å². The van der Waals surface area contributed by atoms with Crippen molar-refractivity contribution in [1.82, 2.24) is 9.36 Å². The van der Waals surface area contributed by atoms with Crippen molar-refractivity contribution in [2.24, 2.45) is 5.73 Å². The predicted molar refractivity (Wildman–Crippen MR) is 113 cm³/mol. The van der Waals surface area contributed by atoms with E-state index in [2.05, 4.69) is 21.6 Å². The number of carbonyl (C=O) groups is 1. The summed E-state index contributed by atoms with van der Waals surface area (Å²) >= 11 is 8.72. The summed E-state index contributed by atoms with van der Waals surface area (Å²) in [6.45, 7) is 4.06. The van der Waals surface area contributed by atoms with E-state index in [0.29, 0.717) is 26.4 Å². The van der Waals surface area contributed by atoms with E-state index in [0.717, 1.165) is 17.5 Å². The van der Waals surface area contributed by atoms with Crippen LogP contribution in [-0.4, -0.2) is 15.3 Å². The summed E-state index contributed by atoms with van der Waals surface area (Å²) in [5.74, 6) is 0.139. The molecule has 3 rings (SSSR count). The number of nitrogens with one attached hydrogen (secondary N) is 1. The zero-order valence-corrected chi connectivity index (χ0v) is 17.3. The summed E-state index contributed by atoms with van der Waals surface area (Å²) < 4.78 is 4.47. The fraction of sp³-hybridized carbons (Fsp3) is 0.211. The van der Waals surface area contributed by atoms with Crippen LogP contribution in [0.3, 0.4) is 0 Å². The molecule has 3 aromatic rings. The fourth-order valence-electron chi connectivity index (χ4n) is 2.52. The van der Waals surface area contributed by atoms with E-state index in [1.165, 1.54) is 23.3 Å². The molecule has 1 atom stereocenters. The highest BCUT2D eigenvalue weighted by molar-refractivity contribution is 7.99. The molecule has 2 heterocycles. The number of hydrogen-bond donors (Lipinski definition) is 2. The minimum absolute atomic E-state index is 0.146. The number of primary amides is 1. The maximum Gasteiger partial charge on any atom is 0.254 e. The van der Waals surface area contributed by atoms with Gasteiger partial charge in [0.05, 0.1) is 0 Å². The molecule has 5 nitrogen and oxygen atoms in total. The van der Waals surface area contributed by atoms with Crippen LogP contribution in [0.5, 0.6) is 0 Å². The van der Waals surface area contributed by atoms with Gasteiger partial charge in [-0.15, -0.1) is 0 Å². The molecule has 1 unspecified atom stereocenters. The molecule has 27 heavy (non-hydrogen) atoms. The quantitative estimate of drug-likeness (QED) is 0.489. The molecular weight excluding hydrogens is 400 g/mol. The van der Waals surface area contributed by atoms with Gasteiger partial charge in [-0.05, 0) is 54.2 Å². The van der Waals surface area contributed by atoms with Crippen LogP contribution in [0, 0.1) is 6.92 Å². The fourth-order valence-corrected chi connectivity index (χ4v) is 4.74. The first kappa shape index (κ1) is 19.7. The van der Waals surface area contributed by atoms with Gasteiger partial charge < -0.3 is 11.1 Å². The van der Waals surface area contributed by atoms with E-state index in [1.54, 1.807) is 6.20 Å². The van der Waals surface area contributed by atoms with Gasteiger partial charge in [0.25, 0.3) is 5.91 Å². The van der Waals surface area contributed by atoms with E-state index in [-0.39, 0.29) is 5.25 Å². The summed E-state index contributed by atoms with van der Waals surface area (Å²) in [6.07, 6.45) is 2.64. The Bertz CT molecular complexity index is 926. The molecule has 0 bridgehead atoms. The van der Waals surface area contributed by atoms with Crippen molar-refractivity contribution < 1.29 is 4.79 Å². The minimum Gasteiger partial charge on any atom is -0.365 e. The van der Waals surface area contributed by atoms with Crippen LogP contribution in [0.15, 0.2) is 47.6 Å². The SMILES string of the molecule is CCC(Sc1nsc(Nc2ccc(C)cn2)c1C(N)=O)c1ccc(Cl)cc1. The van der Waals surface area contributed by atoms with Gasteiger partial charge in [-0.1, -0.05) is 48.5 Å². The van der Waals surface area contributed by atoms with Crippen molar-refractivity contribution in [3.05, 3.63) is 64.3 Å². The van der Waals surface area contributed by atoms with Gasteiger partial charge in [0.2, 0.25) is 0 Å². The lowest BCUT2D eigenvalue weighted by molar-refractivity contribution is 0.0998. The Kier molecular flexibility index (Phi) is 6.36. The highest BCUT2D eigenvalue weighted by atomic mass is 35.5. The van der Waals surface area contributed by atoms with Crippen molar-refractivity contribution >= 4 is 51.6 Å². The highest BCUT2D eigenvalue weighted by Gasteiger charge is 2.23. The first-order chi connectivity index (χ1) is 13.0. The van der Waals surface area contributed by atoms with E-state index in [9.17, 15) is 4.79 Å². The van der Waals surface area contributed by atoms with Gasteiger partial charge in [-0.2, -0.15) is 4.37 Å². The van der Waals surface area contributed by atoms with E-state index in [1.807, 2.05) is 43.3 Å². The van der Waals surface area contributed by atoms with E-state index >= 15 is 0 Å². The van der Waals surface area contributed by atoms with E-state index in [4.69, 9.17) is 17.3 Å². The van der Waals surface area contributed by atoms with Crippen molar-refractivity contribution in [2.75, 3.05) is 5.32 Å². The number of pyridine rings is 1. The van der Waals surface area contributed by atoms with Gasteiger partial charge in [-0.3, -0.25) is 4.79 Å². The smallest absolute Gasteiger partial charge is 0.254 e. The van der Waals surface area contributed by atoms with Crippen LogP contribution in [0.2, 0.25) is 5.02 Å². The second kappa shape index (κ2) is 8.73. The van der Waals surface area contributed by atoms with Crippen LogP contribution >= 0.6 is 34.9 Å². The third-order valence-corrected chi connectivity index (χ3v) is 6.47. The van der Waals surface area contributed by atoms with Crippen molar-refractivity contribution in [2.45, 2.75) is 30.5 Å². The molecule has 0 spiro atoms. The topological polar surface area (TPSA) is 80.9 Å². The second-order valence-corrected chi connectivity index (χ2v) is 8.37. The van der Waals surface area contributed by atoms with Crippen LogP contribution in [0.1, 0.15) is 40.1 Å². The number of anilines is 2. The van der Waals surface area contributed by atoms with Crippen LogP contribution in [0.4, 0.5) is 10.8 Å². The number of nitrogens with two attached hydrogens (primary N) is 1. The third-order valence-electron chi connectivity index (χ3n) is 3.93. The number of hydrogen-bond acceptors (Lipinski definition) is 6. The van der Waals surface area contributed by atoms with Crippen molar-refractivity contribution in [1.29, 1.82) is 0 Å².